The van der Waals surface area contributed by atoms with E-state index in [0.717, 1.165) is 12.0 Å². The number of rotatable bonds is 10. The molecule has 1 unspecified atom stereocenters. The summed E-state index contributed by atoms with van der Waals surface area (Å²) in [6.07, 6.45) is 8.09. The Kier molecular flexibility index (Phi) is 7.88. The molecule has 0 aliphatic carbocycles. The second-order valence-corrected chi connectivity index (χ2v) is 7.81. The maximum atomic E-state index is 11.7. The lowest BCUT2D eigenvalue weighted by atomic mass is 9.98. The Hall–Kier alpha value is -2.76. The molecule has 158 valence electrons. The molecule has 0 radical (unpaired) electrons. The first-order chi connectivity index (χ1) is 13.7. The Morgan fingerprint density at radius 2 is 2.00 bits per heavy atom. The minimum Gasteiger partial charge on any atom is -0.504 e. The van der Waals surface area contributed by atoms with E-state index in [1.54, 1.807) is 0 Å². The van der Waals surface area contributed by atoms with Gasteiger partial charge in [0.15, 0.2) is 11.5 Å². The number of allylic oxidation sites excluding steroid dienone is 3. The SMILES string of the molecule is C/C(=C\C=C\C(C)CCC(=O)C(C)C)CCOc1c(O)cc2c(c1O)COC2=O. The van der Waals surface area contributed by atoms with Crippen molar-refractivity contribution < 1.29 is 29.3 Å². The number of phenols is 2. The molecular formula is C23H30O6. The second kappa shape index (κ2) is 10.1. The van der Waals surface area contributed by atoms with Crippen molar-refractivity contribution in [2.45, 2.75) is 53.6 Å². The summed E-state index contributed by atoms with van der Waals surface area (Å²) in [6.45, 7) is 8.14. The van der Waals surface area contributed by atoms with E-state index in [1.807, 2.05) is 32.9 Å². The lowest BCUT2D eigenvalue weighted by Crippen LogP contribution is -2.07. The summed E-state index contributed by atoms with van der Waals surface area (Å²) in [6, 6.07) is 1.26. The number of esters is 1. The van der Waals surface area contributed by atoms with Gasteiger partial charge < -0.3 is 19.7 Å². The molecule has 0 saturated heterocycles. The van der Waals surface area contributed by atoms with Gasteiger partial charge in [-0.1, -0.05) is 44.6 Å². The summed E-state index contributed by atoms with van der Waals surface area (Å²) in [5.41, 5.74) is 1.58. The van der Waals surface area contributed by atoms with E-state index in [1.165, 1.54) is 6.07 Å². The van der Waals surface area contributed by atoms with Gasteiger partial charge in [0.25, 0.3) is 0 Å². The van der Waals surface area contributed by atoms with Crippen molar-refractivity contribution in [2.24, 2.45) is 11.8 Å². The highest BCUT2D eigenvalue weighted by Crippen LogP contribution is 2.43. The lowest BCUT2D eigenvalue weighted by molar-refractivity contribution is -0.122. The van der Waals surface area contributed by atoms with E-state index in [-0.39, 0.29) is 41.9 Å². The smallest absolute Gasteiger partial charge is 0.339 e. The zero-order chi connectivity index (χ0) is 21.6. The number of cyclic esters (lactones) is 1. The Morgan fingerprint density at radius 3 is 2.69 bits per heavy atom. The Balaban J connectivity index is 1.83. The number of hydrogen-bond acceptors (Lipinski definition) is 6. The van der Waals surface area contributed by atoms with Gasteiger partial charge in [-0.15, -0.1) is 0 Å². The van der Waals surface area contributed by atoms with Crippen molar-refractivity contribution in [3.05, 3.63) is 41.0 Å². The fraction of sp³-hybridized carbons (Fsp3) is 0.478. The van der Waals surface area contributed by atoms with Gasteiger partial charge in [0, 0.05) is 24.3 Å². The molecule has 6 heteroatoms. The van der Waals surface area contributed by atoms with Crippen LogP contribution >= 0.6 is 0 Å². The number of hydrogen-bond donors (Lipinski definition) is 2. The zero-order valence-corrected chi connectivity index (χ0v) is 17.5. The van der Waals surface area contributed by atoms with E-state index in [2.05, 4.69) is 13.0 Å². The highest BCUT2D eigenvalue weighted by Gasteiger charge is 2.29. The number of carbonyl (C=O) groups excluding carboxylic acids is 2. The number of ketones is 1. The Labute approximate surface area is 171 Å². The molecule has 1 aromatic rings. The van der Waals surface area contributed by atoms with Crippen LogP contribution in [0, 0.1) is 11.8 Å². The second-order valence-electron chi connectivity index (χ2n) is 7.81. The number of fused-ring (bicyclic) bond motifs is 1. The third kappa shape index (κ3) is 6.11. The molecule has 0 saturated carbocycles. The molecule has 0 bridgehead atoms. The monoisotopic (exact) mass is 402 g/mol. The van der Waals surface area contributed by atoms with Gasteiger partial charge in [-0.25, -0.2) is 4.79 Å². The molecule has 0 fully saturated rings. The van der Waals surface area contributed by atoms with Crippen molar-refractivity contribution in [3.8, 4) is 17.2 Å². The maximum Gasteiger partial charge on any atom is 0.339 e. The lowest BCUT2D eigenvalue weighted by Gasteiger charge is -2.12. The van der Waals surface area contributed by atoms with Crippen molar-refractivity contribution in [2.75, 3.05) is 6.61 Å². The summed E-state index contributed by atoms with van der Waals surface area (Å²) in [5, 5.41) is 20.3. The van der Waals surface area contributed by atoms with Crippen LogP contribution in [0.2, 0.25) is 0 Å². The van der Waals surface area contributed by atoms with Gasteiger partial charge in [-0.2, -0.15) is 0 Å². The number of phenolic OH excluding ortho intramolecular Hbond substituents is 2. The molecule has 1 aromatic carbocycles. The van der Waals surface area contributed by atoms with Gasteiger partial charge in [-0.3, -0.25) is 4.79 Å². The van der Waals surface area contributed by atoms with Crippen LogP contribution in [0.15, 0.2) is 29.9 Å². The first kappa shape index (κ1) is 22.5. The van der Waals surface area contributed by atoms with Gasteiger partial charge in [0.2, 0.25) is 5.75 Å². The number of aromatic hydroxyl groups is 2. The molecular weight excluding hydrogens is 372 g/mol. The quantitative estimate of drug-likeness (QED) is 0.436. The molecule has 29 heavy (non-hydrogen) atoms. The molecule has 0 spiro atoms. The Bertz CT molecular complexity index is 819. The van der Waals surface area contributed by atoms with Crippen LogP contribution in [-0.2, 0) is 16.1 Å². The van der Waals surface area contributed by atoms with Gasteiger partial charge in [0.1, 0.15) is 12.4 Å². The summed E-state index contributed by atoms with van der Waals surface area (Å²) in [5.74, 6) is -0.430. The van der Waals surface area contributed by atoms with Crippen LogP contribution in [0.5, 0.6) is 17.2 Å². The maximum absolute atomic E-state index is 11.7. The van der Waals surface area contributed by atoms with Gasteiger partial charge in [0.05, 0.1) is 12.2 Å². The van der Waals surface area contributed by atoms with Crippen molar-refractivity contribution >= 4 is 11.8 Å². The highest BCUT2D eigenvalue weighted by atomic mass is 16.5. The number of ether oxygens (including phenoxy) is 2. The predicted molar refractivity (Wildman–Crippen MR) is 110 cm³/mol. The van der Waals surface area contributed by atoms with E-state index in [0.29, 0.717) is 30.1 Å². The summed E-state index contributed by atoms with van der Waals surface area (Å²) in [4.78, 5) is 23.2. The Morgan fingerprint density at radius 1 is 1.28 bits per heavy atom. The van der Waals surface area contributed by atoms with Crippen LogP contribution in [0.25, 0.3) is 0 Å². The van der Waals surface area contributed by atoms with Gasteiger partial charge in [-0.05, 0) is 25.3 Å². The van der Waals surface area contributed by atoms with Crippen LogP contribution in [0.1, 0.15) is 62.9 Å². The normalized spacial score (nSPS) is 14.9. The number of benzene rings is 1. The highest BCUT2D eigenvalue weighted by molar-refractivity contribution is 5.95. The fourth-order valence-corrected chi connectivity index (χ4v) is 2.92. The predicted octanol–water partition coefficient (Wildman–Crippen LogP) is 4.68. The minimum atomic E-state index is -0.564. The van der Waals surface area contributed by atoms with Crippen LogP contribution < -0.4 is 4.74 Å². The molecule has 0 amide bonds. The molecule has 6 nitrogen and oxygen atoms in total. The first-order valence-electron chi connectivity index (χ1n) is 9.95. The molecule has 1 atom stereocenters. The van der Waals surface area contributed by atoms with Crippen molar-refractivity contribution in [1.82, 2.24) is 0 Å². The average molecular weight is 402 g/mol. The van der Waals surface area contributed by atoms with Crippen LogP contribution in [-0.4, -0.2) is 28.6 Å². The summed E-state index contributed by atoms with van der Waals surface area (Å²) >= 11 is 0. The summed E-state index contributed by atoms with van der Waals surface area (Å²) in [7, 11) is 0. The minimum absolute atomic E-state index is 0.0265. The largest absolute Gasteiger partial charge is 0.504 e. The average Bonchev–Trinajstić information content (AvgIpc) is 3.03. The molecule has 1 heterocycles. The molecule has 1 aliphatic rings. The fourth-order valence-electron chi connectivity index (χ4n) is 2.92. The van der Waals surface area contributed by atoms with E-state index in [9.17, 15) is 19.8 Å². The topological polar surface area (TPSA) is 93.1 Å². The number of Topliss-reactive ketones (excluding diaryl/α,β-unsaturated/α-hetero) is 1. The van der Waals surface area contributed by atoms with Crippen molar-refractivity contribution in [1.29, 1.82) is 0 Å². The molecule has 2 rings (SSSR count). The molecule has 2 N–H and O–H groups in total. The van der Waals surface area contributed by atoms with E-state index < -0.39 is 5.97 Å². The van der Waals surface area contributed by atoms with Crippen molar-refractivity contribution in [3.63, 3.8) is 0 Å². The third-order valence-corrected chi connectivity index (χ3v) is 4.96. The third-order valence-electron chi connectivity index (χ3n) is 4.96. The van der Waals surface area contributed by atoms with E-state index in [4.69, 9.17) is 9.47 Å². The summed E-state index contributed by atoms with van der Waals surface area (Å²) < 4.78 is 10.4. The van der Waals surface area contributed by atoms with Crippen LogP contribution in [0.3, 0.4) is 0 Å². The van der Waals surface area contributed by atoms with Gasteiger partial charge >= 0.3 is 5.97 Å². The number of carbonyl (C=O) groups is 2. The van der Waals surface area contributed by atoms with E-state index >= 15 is 0 Å². The molecule has 0 aromatic heterocycles. The standard InChI is InChI=1S/C23H30O6/c1-14(2)19(24)9-8-15(3)6-5-7-16(4)10-11-28-22-20(25)12-17-18(21(22)26)13-29-23(17)27/h5-7,12,14-15,25-26H,8-11,13H2,1-4H3/b6-5+,16-7+. The molecule has 1 aliphatic heterocycles. The van der Waals surface area contributed by atoms with Crippen LogP contribution in [0.4, 0.5) is 0 Å². The zero-order valence-electron chi connectivity index (χ0n) is 17.5. The first-order valence-corrected chi connectivity index (χ1v) is 9.95.